The fourth-order valence-electron chi connectivity index (χ4n) is 2.54. The van der Waals surface area contributed by atoms with E-state index in [9.17, 15) is 14.4 Å². The molecule has 0 bridgehead atoms. The lowest BCUT2D eigenvalue weighted by molar-refractivity contribution is -0.136. The molecule has 1 aromatic carbocycles. The average molecular weight is 279 g/mol. The van der Waals surface area contributed by atoms with E-state index < -0.39 is 11.9 Å². The van der Waals surface area contributed by atoms with Gasteiger partial charge in [-0.1, -0.05) is 11.6 Å². The van der Waals surface area contributed by atoms with Gasteiger partial charge >= 0.3 is 0 Å². The van der Waals surface area contributed by atoms with Crippen molar-refractivity contribution in [2.75, 3.05) is 0 Å². The van der Waals surface area contributed by atoms with E-state index in [0.717, 1.165) is 5.56 Å². The Kier molecular flexibility index (Phi) is 2.78. The molecule has 0 aliphatic carbocycles. The molecular formula is C13H11ClN2O3. The number of nitrogens with zero attached hydrogens (tertiary/aromatic N) is 1. The molecule has 1 unspecified atom stereocenters. The molecule has 1 saturated heterocycles. The lowest BCUT2D eigenvalue weighted by Gasteiger charge is -2.29. The van der Waals surface area contributed by atoms with Crippen LogP contribution in [0.4, 0.5) is 0 Å². The van der Waals surface area contributed by atoms with Crippen molar-refractivity contribution in [3.05, 3.63) is 34.3 Å². The maximum absolute atomic E-state index is 12.3. The third kappa shape index (κ3) is 2.00. The first kappa shape index (κ1) is 12.2. The molecule has 5 nitrogen and oxygen atoms in total. The number of fused-ring (bicyclic) bond motifs is 1. The number of hydrogen-bond acceptors (Lipinski definition) is 3. The molecule has 0 spiro atoms. The zero-order valence-electron chi connectivity index (χ0n) is 9.98. The van der Waals surface area contributed by atoms with Crippen LogP contribution >= 0.6 is 11.6 Å². The van der Waals surface area contributed by atoms with Gasteiger partial charge in [0.25, 0.3) is 5.91 Å². The van der Waals surface area contributed by atoms with Crippen molar-refractivity contribution in [2.24, 2.45) is 0 Å². The number of amides is 3. The molecule has 0 radical (unpaired) electrons. The zero-order chi connectivity index (χ0) is 13.6. The lowest BCUT2D eigenvalue weighted by Crippen LogP contribution is -2.52. The molecule has 0 aromatic heterocycles. The standard InChI is InChI=1S/C13H11ClN2O3/c14-8-1-2-9-7(5-8)6-16(13(9)19)10-3-4-11(17)15-12(10)18/h1-2,5,10H,3-4,6H2,(H,15,17,18). The van der Waals surface area contributed by atoms with Crippen molar-refractivity contribution in [3.63, 3.8) is 0 Å². The van der Waals surface area contributed by atoms with Crippen molar-refractivity contribution >= 4 is 29.3 Å². The number of nitrogens with one attached hydrogen (secondary N) is 1. The fraction of sp³-hybridized carbons (Fsp3) is 0.308. The van der Waals surface area contributed by atoms with Gasteiger partial charge in [-0.15, -0.1) is 0 Å². The molecule has 3 rings (SSSR count). The van der Waals surface area contributed by atoms with Gasteiger partial charge in [0, 0.05) is 23.6 Å². The highest BCUT2D eigenvalue weighted by Crippen LogP contribution is 2.29. The third-order valence-corrected chi connectivity index (χ3v) is 3.72. The van der Waals surface area contributed by atoms with E-state index in [-0.39, 0.29) is 18.2 Å². The van der Waals surface area contributed by atoms with E-state index in [1.807, 2.05) is 0 Å². The molecule has 6 heteroatoms. The van der Waals surface area contributed by atoms with E-state index in [0.29, 0.717) is 23.6 Å². The van der Waals surface area contributed by atoms with Crippen LogP contribution in [0, 0.1) is 0 Å². The average Bonchev–Trinajstić information content (AvgIpc) is 2.66. The maximum Gasteiger partial charge on any atom is 0.255 e. The van der Waals surface area contributed by atoms with E-state index in [1.54, 1.807) is 18.2 Å². The van der Waals surface area contributed by atoms with Crippen molar-refractivity contribution in [1.29, 1.82) is 0 Å². The lowest BCUT2D eigenvalue weighted by atomic mass is 10.0. The van der Waals surface area contributed by atoms with Gasteiger partial charge < -0.3 is 4.90 Å². The minimum atomic E-state index is -0.573. The van der Waals surface area contributed by atoms with Gasteiger partial charge in [-0.25, -0.2) is 0 Å². The van der Waals surface area contributed by atoms with Crippen molar-refractivity contribution in [3.8, 4) is 0 Å². The summed E-state index contributed by atoms with van der Waals surface area (Å²) in [5, 5.41) is 2.83. The normalized spacial score (nSPS) is 22.5. The van der Waals surface area contributed by atoms with Crippen molar-refractivity contribution < 1.29 is 14.4 Å². The van der Waals surface area contributed by atoms with Crippen LogP contribution in [0.3, 0.4) is 0 Å². The Morgan fingerprint density at radius 3 is 2.79 bits per heavy atom. The maximum atomic E-state index is 12.3. The van der Waals surface area contributed by atoms with Gasteiger partial charge in [0.05, 0.1) is 0 Å². The molecule has 2 aliphatic heterocycles. The summed E-state index contributed by atoms with van der Waals surface area (Å²) in [6, 6.07) is 4.50. The smallest absolute Gasteiger partial charge is 0.255 e. The first-order valence-corrected chi connectivity index (χ1v) is 6.37. The molecule has 0 saturated carbocycles. The van der Waals surface area contributed by atoms with Crippen LogP contribution in [0.15, 0.2) is 18.2 Å². The predicted octanol–water partition coefficient (Wildman–Crippen LogP) is 1.10. The minimum Gasteiger partial charge on any atom is -0.322 e. The molecule has 1 aromatic rings. The Morgan fingerprint density at radius 2 is 2.05 bits per heavy atom. The van der Waals surface area contributed by atoms with E-state index in [4.69, 9.17) is 11.6 Å². The highest BCUT2D eigenvalue weighted by Gasteiger charge is 2.38. The molecule has 98 valence electrons. The highest BCUT2D eigenvalue weighted by molar-refractivity contribution is 6.30. The number of carbonyl (C=O) groups excluding carboxylic acids is 3. The van der Waals surface area contributed by atoms with Crippen LogP contribution < -0.4 is 5.32 Å². The summed E-state index contributed by atoms with van der Waals surface area (Å²) in [6.07, 6.45) is 0.634. The zero-order valence-corrected chi connectivity index (χ0v) is 10.7. The van der Waals surface area contributed by atoms with Crippen LogP contribution in [0.2, 0.25) is 5.02 Å². The first-order valence-electron chi connectivity index (χ1n) is 5.99. The molecule has 2 aliphatic rings. The van der Waals surface area contributed by atoms with E-state index in [1.165, 1.54) is 4.90 Å². The number of benzene rings is 1. The highest BCUT2D eigenvalue weighted by atomic mass is 35.5. The van der Waals surface area contributed by atoms with Gasteiger partial charge in [0.15, 0.2) is 0 Å². The van der Waals surface area contributed by atoms with Crippen molar-refractivity contribution in [1.82, 2.24) is 10.2 Å². The van der Waals surface area contributed by atoms with Gasteiger partial charge in [-0.2, -0.15) is 0 Å². The molecule has 1 atom stereocenters. The Hall–Kier alpha value is -1.88. The number of carbonyl (C=O) groups is 3. The number of hydrogen-bond donors (Lipinski definition) is 1. The number of rotatable bonds is 1. The minimum absolute atomic E-state index is 0.179. The summed E-state index contributed by atoms with van der Waals surface area (Å²) in [5.74, 6) is -0.863. The molecule has 2 heterocycles. The third-order valence-electron chi connectivity index (χ3n) is 3.49. The Balaban J connectivity index is 1.87. The van der Waals surface area contributed by atoms with Crippen LogP contribution in [0.25, 0.3) is 0 Å². The summed E-state index contributed by atoms with van der Waals surface area (Å²) in [4.78, 5) is 36.7. The molecule has 19 heavy (non-hydrogen) atoms. The summed E-state index contributed by atoms with van der Waals surface area (Å²) in [5.41, 5.74) is 1.40. The van der Waals surface area contributed by atoms with Crippen LogP contribution in [-0.2, 0) is 16.1 Å². The fourth-order valence-corrected chi connectivity index (χ4v) is 2.74. The Labute approximate surface area is 114 Å². The van der Waals surface area contributed by atoms with Crippen LogP contribution in [0.1, 0.15) is 28.8 Å². The van der Waals surface area contributed by atoms with Gasteiger partial charge in [-0.05, 0) is 30.2 Å². The second kappa shape index (κ2) is 4.35. The monoisotopic (exact) mass is 278 g/mol. The van der Waals surface area contributed by atoms with Gasteiger partial charge in [-0.3, -0.25) is 19.7 Å². The summed E-state index contributed by atoms with van der Waals surface area (Å²) >= 11 is 5.90. The Bertz CT molecular complexity index is 600. The summed E-state index contributed by atoms with van der Waals surface area (Å²) in [7, 11) is 0. The molecule has 3 amide bonds. The second-order valence-corrected chi connectivity index (χ2v) is 5.14. The molecule has 1 N–H and O–H groups in total. The molecular weight excluding hydrogens is 268 g/mol. The predicted molar refractivity (Wildman–Crippen MR) is 67.5 cm³/mol. The Morgan fingerprint density at radius 1 is 1.26 bits per heavy atom. The van der Waals surface area contributed by atoms with Gasteiger partial charge in [0.1, 0.15) is 6.04 Å². The molecule has 1 fully saturated rings. The number of piperidine rings is 1. The second-order valence-electron chi connectivity index (χ2n) is 4.70. The van der Waals surface area contributed by atoms with Crippen LogP contribution in [-0.4, -0.2) is 28.7 Å². The SMILES string of the molecule is O=C1CCC(N2Cc3cc(Cl)ccc3C2=O)C(=O)N1. The number of halogens is 1. The quantitative estimate of drug-likeness (QED) is 0.782. The van der Waals surface area contributed by atoms with E-state index in [2.05, 4.69) is 5.32 Å². The largest absolute Gasteiger partial charge is 0.322 e. The number of imide groups is 1. The van der Waals surface area contributed by atoms with Crippen molar-refractivity contribution in [2.45, 2.75) is 25.4 Å². The topological polar surface area (TPSA) is 66.5 Å². The van der Waals surface area contributed by atoms with Gasteiger partial charge in [0.2, 0.25) is 11.8 Å². The summed E-state index contributed by atoms with van der Waals surface area (Å²) < 4.78 is 0. The summed E-state index contributed by atoms with van der Waals surface area (Å²) in [6.45, 7) is 0.362. The van der Waals surface area contributed by atoms with Crippen LogP contribution in [0.5, 0.6) is 0 Å². The first-order chi connectivity index (χ1) is 9.06. The van der Waals surface area contributed by atoms with E-state index >= 15 is 0 Å².